The number of amides is 1. The molecular weight excluding hydrogens is 275 g/mol. The van der Waals surface area contributed by atoms with Crippen LogP contribution in [0, 0.1) is 0 Å². The van der Waals surface area contributed by atoms with Crippen LogP contribution in [0.15, 0.2) is 24.3 Å². The normalized spacial score (nSPS) is 22.1. The molecule has 0 aromatic heterocycles. The van der Waals surface area contributed by atoms with E-state index in [4.69, 9.17) is 11.6 Å². The number of halogens is 4. The van der Waals surface area contributed by atoms with Crippen LogP contribution in [0.2, 0.25) is 5.02 Å². The van der Waals surface area contributed by atoms with Crippen LogP contribution >= 0.6 is 24.0 Å². The summed E-state index contributed by atoms with van der Waals surface area (Å²) in [6, 6.07) is 4.52. The van der Waals surface area contributed by atoms with Gasteiger partial charge in [-0.2, -0.15) is 0 Å². The molecule has 1 N–H and O–H groups in total. The van der Waals surface area contributed by atoms with Gasteiger partial charge in [-0.05, 0) is 17.7 Å². The number of benzene rings is 1. The lowest BCUT2D eigenvalue weighted by atomic mass is 10.0. The highest BCUT2D eigenvalue weighted by Crippen LogP contribution is 2.34. The van der Waals surface area contributed by atoms with Gasteiger partial charge in [-0.25, -0.2) is 13.6 Å². The maximum Gasteiger partial charge on any atom is 0.408 e. The number of carbonyl (C=O) groups excluding carboxylic acids is 1. The molecule has 0 bridgehead atoms. The highest BCUT2D eigenvalue weighted by Gasteiger charge is 2.46. The van der Waals surface area contributed by atoms with E-state index in [0.717, 1.165) is 0 Å². The lowest BCUT2D eigenvalue weighted by Crippen LogP contribution is -2.49. The Hall–Kier alpha value is -1.07. The van der Waals surface area contributed by atoms with Crippen LogP contribution in [0.25, 0.3) is 0 Å². The Morgan fingerprint density at radius 1 is 1.35 bits per heavy atom. The number of ether oxygens (including phenoxy) is 1. The summed E-state index contributed by atoms with van der Waals surface area (Å²) in [5.74, 6) is -3.12. The van der Waals surface area contributed by atoms with Crippen LogP contribution in [-0.4, -0.2) is 18.6 Å². The summed E-state index contributed by atoms with van der Waals surface area (Å²) in [4.78, 5) is 10.9. The van der Waals surface area contributed by atoms with E-state index >= 15 is 0 Å². The van der Waals surface area contributed by atoms with Gasteiger partial charge >= 0.3 is 12.0 Å². The van der Waals surface area contributed by atoms with E-state index in [0.29, 0.717) is 10.6 Å². The second-order valence-corrected chi connectivity index (χ2v) is 3.90. The van der Waals surface area contributed by atoms with Gasteiger partial charge in [0.1, 0.15) is 6.04 Å². The van der Waals surface area contributed by atoms with Crippen molar-refractivity contribution in [2.75, 3.05) is 6.61 Å². The number of alkyl halides is 2. The maximum absolute atomic E-state index is 13.5. The SMILES string of the molecule is Cl.O=C1N[C@H](c2ccc(Cl)cc2)C(F)(F)CO1. The molecule has 1 heterocycles. The number of nitrogens with one attached hydrogen (secondary N) is 1. The third kappa shape index (κ3) is 2.98. The first-order valence-corrected chi connectivity index (χ1v) is 4.93. The number of cyclic esters (lactones) is 1. The minimum absolute atomic E-state index is 0. The van der Waals surface area contributed by atoms with Gasteiger partial charge in [0.2, 0.25) is 0 Å². The summed E-state index contributed by atoms with van der Waals surface area (Å²) in [7, 11) is 0. The largest absolute Gasteiger partial charge is 0.443 e. The maximum atomic E-state index is 13.5. The van der Waals surface area contributed by atoms with E-state index in [-0.39, 0.29) is 12.4 Å². The first-order valence-electron chi connectivity index (χ1n) is 4.55. The van der Waals surface area contributed by atoms with Gasteiger partial charge in [0.15, 0.2) is 6.61 Å². The average Bonchev–Trinajstić information content (AvgIpc) is 2.23. The molecule has 0 radical (unpaired) electrons. The molecule has 1 aromatic rings. The summed E-state index contributed by atoms with van der Waals surface area (Å²) in [6.45, 7) is -0.911. The van der Waals surface area contributed by atoms with Crippen LogP contribution in [0.3, 0.4) is 0 Å². The summed E-state index contributed by atoms with van der Waals surface area (Å²) < 4.78 is 31.2. The monoisotopic (exact) mass is 283 g/mol. The fraction of sp³-hybridized carbons (Fsp3) is 0.300. The summed E-state index contributed by atoms with van der Waals surface area (Å²) in [5, 5.41) is 2.54. The second-order valence-electron chi connectivity index (χ2n) is 3.47. The van der Waals surface area contributed by atoms with Crippen LogP contribution < -0.4 is 5.32 Å². The van der Waals surface area contributed by atoms with Gasteiger partial charge in [0, 0.05) is 5.02 Å². The molecule has 1 fully saturated rings. The number of rotatable bonds is 1. The van der Waals surface area contributed by atoms with Crippen molar-refractivity contribution in [3.63, 3.8) is 0 Å². The van der Waals surface area contributed by atoms with Crippen LogP contribution in [0.1, 0.15) is 11.6 Å². The summed E-state index contributed by atoms with van der Waals surface area (Å²) in [5.41, 5.74) is 0.297. The topological polar surface area (TPSA) is 38.3 Å². The minimum Gasteiger partial charge on any atom is -0.443 e. The van der Waals surface area contributed by atoms with E-state index in [1.54, 1.807) is 0 Å². The lowest BCUT2D eigenvalue weighted by molar-refractivity contribution is -0.104. The Balaban J connectivity index is 0.00000144. The van der Waals surface area contributed by atoms with E-state index in [1.807, 2.05) is 0 Å². The summed E-state index contributed by atoms with van der Waals surface area (Å²) in [6.07, 6.45) is -0.842. The van der Waals surface area contributed by atoms with Crippen molar-refractivity contribution < 1.29 is 18.3 Å². The Kier molecular flexibility index (Phi) is 4.16. The van der Waals surface area contributed by atoms with Gasteiger partial charge in [-0.3, -0.25) is 0 Å². The Morgan fingerprint density at radius 2 is 1.94 bits per heavy atom. The highest BCUT2D eigenvalue weighted by molar-refractivity contribution is 6.30. The predicted molar refractivity (Wildman–Crippen MR) is 60.9 cm³/mol. The van der Waals surface area contributed by atoms with Gasteiger partial charge < -0.3 is 10.1 Å². The molecule has 1 aliphatic heterocycles. The molecule has 1 amide bonds. The van der Waals surface area contributed by atoms with Crippen LogP contribution in [-0.2, 0) is 4.74 Å². The van der Waals surface area contributed by atoms with Crippen molar-refractivity contribution in [3.05, 3.63) is 34.9 Å². The zero-order chi connectivity index (χ0) is 11.8. The Labute approximate surface area is 107 Å². The minimum atomic E-state index is -3.12. The zero-order valence-corrected chi connectivity index (χ0v) is 10.0. The molecule has 94 valence electrons. The predicted octanol–water partition coefficient (Wildman–Crippen LogP) is 3.18. The fourth-order valence-corrected chi connectivity index (χ4v) is 1.62. The third-order valence-electron chi connectivity index (χ3n) is 2.28. The van der Waals surface area contributed by atoms with Gasteiger partial charge in [0.25, 0.3) is 0 Å². The molecular formula is C10H9Cl2F2NO2. The van der Waals surface area contributed by atoms with Crippen LogP contribution in [0.4, 0.5) is 13.6 Å². The van der Waals surface area contributed by atoms with Crippen LogP contribution in [0.5, 0.6) is 0 Å². The molecule has 0 saturated carbocycles. The molecule has 1 atom stereocenters. The molecule has 1 aliphatic rings. The van der Waals surface area contributed by atoms with E-state index < -0.39 is 24.7 Å². The van der Waals surface area contributed by atoms with Crippen molar-refractivity contribution in [2.45, 2.75) is 12.0 Å². The van der Waals surface area contributed by atoms with Crippen molar-refractivity contribution in [2.24, 2.45) is 0 Å². The number of hydrogen-bond acceptors (Lipinski definition) is 2. The second kappa shape index (κ2) is 5.06. The molecule has 0 unspecified atom stereocenters. The Morgan fingerprint density at radius 3 is 2.53 bits per heavy atom. The van der Waals surface area contributed by atoms with E-state index in [2.05, 4.69) is 10.1 Å². The molecule has 3 nitrogen and oxygen atoms in total. The summed E-state index contributed by atoms with van der Waals surface area (Å²) >= 11 is 5.65. The van der Waals surface area contributed by atoms with Gasteiger partial charge in [-0.1, -0.05) is 23.7 Å². The molecule has 0 spiro atoms. The molecule has 17 heavy (non-hydrogen) atoms. The first kappa shape index (κ1) is 14.0. The average molecular weight is 284 g/mol. The van der Waals surface area contributed by atoms with E-state index in [9.17, 15) is 13.6 Å². The van der Waals surface area contributed by atoms with Gasteiger partial charge in [-0.15, -0.1) is 12.4 Å². The molecule has 1 saturated heterocycles. The third-order valence-corrected chi connectivity index (χ3v) is 2.54. The molecule has 2 rings (SSSR count). The number of hydrogen-bond donors (Lipinski definition) is 1. The number of carbonyl (C=O) groups is 1. The zero-order valence-electron chi connectivity index (χ0n) is 8.45. The highest BCUT2D eigenvalue weighted by atomic mass is 35.5. The van der Waals surface area contributed by atoms with Crippen molar-refractivity contribution in [3.8, 4) is 0 Å². The fourth-order valence-electron chi connectivity index (χ4n) is 1.49. The smallest absolute Gasteiger partial charge is 0.408 e. The van der Waals surface area contributed by atoms with Crippen molar-refractivity contribution in [1.29, 1.82) is 0 Å². The quantitative estimate of drug-likeness (QED) is 0.860. The molecule has 7 heteroatoms. The van der Waals surface area contributed by atoms with Crippen molar-refractivity contribution in [1.82, 2.24) is 5.32 Å². The molecule has 1 aromatic carbocycles. The van der Waals surface area contributed by atoms with Gasteiger partial charge in [0.05, 0.1) is 0 Å². The van der Waals surface area contributed by atoms with E-state index in [1.165, 1.54) is 24.3 Å². The lowest BCUT2D eigenvalue weighted by Gasteiger charge is -2.31. The van der Waals surface area contributed by atoms with Crippen molar-refractivity contribution >= 4 is 30.1 Å². The first-order chi connectivity index (χ1) is 7.49. The molecule has 0 aliphatic carbocycles. The number of alkyl carbamates (subject to hydrolysis) is 1. The Bertz CT molecular complexity index is 411. The standard InChI is InChI=1S/C10H8ClF2NO2.ClH/c11-7-3-1-6(2-4-7)8-10(12,13)5-16-9(15)14-8;/h1-4,8H,5H2,(H,14,15);1H/t8-;/m1./s1.